The molecule has 4 aromatic heterocycles. The van der Waals surface area contributed by atoms with Gasteiger partial charge >= 0.3 is 0 Å². The molecule has 0 fully saturated rings. The number of aromatic nitrogens is 6. The Morgan fingerprint density at radius 3 is 2.92 bits per heavy atom. The van der Waals surface area contributed by atoms with E-state index in [2.05, 4.69) is 33.3 Å². The van der Waals surface area contributed by atoms with Gasteiger partial charge < -0.3 is 0 Å². The second kappa shape index (κ2) is 5.49. The molecule has 5 rings (SSSR count). The molecule has 7 heteroatoms. The third kappa shape index (κ3) is 2.49. The molecular weight excluding hydrogens is 332 g/mol. The van der Waals surface area contributed by atoms with Crippen LogP contribution in [0.5, 0.6) is 0 Å². The summed E-state index contributed by atoms with van der Waals surface area (Å²) < 4.78 is 4.90. The van der Waals surface area contributed by atoms with E-state index < -0.39 is 0 Å². The smallest absolute Gasteiger partial charge is 0.153 e. The monoisotopic (exact) mass is 346 g/mol. The molecule has 0 spiro atoms. The molecule has 122 valence electrons. The van der Waals surface area contributed by atoms with Gasteiger partial charge in [-0.3, -0.25) is 4.68 Å². The minimum atomic E-state index is 0.776. The van der Waals surface area contributed by atoms with Crippen molar-refractivity contribution in [2.24, 2.45) is 7.05 Å². The molecule has 1 aromatic carbocycles. The second-order valence-corrected chi connectivity index (χ2v) is 6.86. The molecule has 0 bridgehead atoms. The standard InChI is InChI=1S/C18H14N6S/c1-23-10-13(8-21-23)15-4-5-18-19-9-14(24(18)22-15)6-12-2-3-16-17(7-12)25-11-20-16/h2-5,7-11H,6H2,1H3. The first-order valence-electron chi connectivity index (χ1n) is 7.91. The van der Waals surface area contributed by atoms with Crippen molar-refractivity contribution in [3.05, 3.63) is 65.7 Å². The maximum absolute atomic E-state index is 4.76. The Morgan fingerprint density at radius 2 is 2.04 bits per heavy atom. The van der Waals surface area contributed by atoms with Crippen molar-refractivity contribution in [2.75, 3.05) is 0 Å². The highest BCUT2D eigenvalue weighted by atomic mass is 32.1. The van der Waals surface area contributed by atoms with Crippen molar-refractivity contribution < 1.29 is 0 Å². The summed E-state index contributed by atoms with van der Waals surface area (Å²) in [5, 5.41) is 8.98. The van der Waals surface area contributed by atoms with Gasteiger partial charge in [0.15, 0.2) is 5.65 Å². The van der Waals surface area contributed by atoms with Crippen LogP contribution in [0.3, 0.4) is 0 Å². The van der Waals surface area contributed by atoms with Crippen LogP contribution in [0, 0.1) is 0 Å². The van der Waals surface area contributed by atoms with Gasteiger partial charge in [0.05, 0.1) is 39.5 Å². The zero-order valence-electron chi connectivity index (χ0n) is 13.5. The molecule has 0 saturated carbocycles. The SMILES string of the molecule is Cn1cc(-c2ccc3ncc(Cc4ccc5ncsc5c4)n3n2)cn1. The Kier molecular flexibility index (Phi) is 3.14. The summed E-state index contributed by atoms with van der Waals surface area (Å²) in [4.78, 5) is 8.81. The summed E-state index contributed by atoms with van der Waals surface area (Å²) in [7, 11) is 1.90. The van der Waals surface area contributed by atoms with Crippen LogP contribution in [0.1, 0.15) is 11.3 Å². The summed E-state index contributed by atoms with van der Waals surface area (Å²) in [6, 6.07) is 10.3. The lowest BCUT2D eigenvalue weighted by Crippen LogP contribution is -2.00. The molecule has 6 nitrogen and oxygen atoms in total. The van der Waals surface area contributed by atoms with E-state index in [4.69, 9.17) is 5.10 Å². The number of imidazole rings is 1. The van der Waals surface area contributed by atoms with Crippen LogP contribution in [0.2, 0.25) is 0 Å². The summed E-state index contributed by atoms with van der Waals surface area (Å²) in [5.74, 6) is 0. The Bertz CT molecular complexity index is 1200. The zero-order valence-corrected chi connectivity index (χ0v) is 14.3. The molecule has 0 amide bonds. The lowest BCUT2D eigenvalue weighted by molar-refractivity contribution is 0.768. The van der Waals surface area contributed by atoms with Crippen LogP contribution in [-0.4, -0.2) is 29.4 Å². The predicted octanol–water partition coefficient (Wildman–Crippen LogP) is 3.33. The number of aryl methyl sites for hydroxylation is 1. The topological polar surface area (TPSA) is 60.9 Å². The van der Waals surface area contributed by atoms with E-state index in [9.17, 15) is 0 Å². The highest BCUT2D eigenvalue weighted by Gasteiger charge is 2.09. The molecule has 0 aliphatic rings. The van der Waals surface area contributed by atoms with E-state index in [0.717, 1.165) is 34.5 Å². The number of hydrogen-bond acceptors (Lipinski definition) is 5. The van der Waals surface area contributed by atoms with Crippen molar-refractivity contribution in [1.29, 1.82) is 0 Å². The largest absolute Gasteiger partial charge is 0.275 e. The molecule has 25 heavy (non-hydrogen) atoms. The maximum Gasteiger partial charge on any atom is 0.153 e. The fourth-order valence-electron chi connectivity index (χ4n) is 2.97. The second-order valence-electron chi connectivity index (χ2n) is 5.97. The Hall–Kier alpha value is -3.06. The van der Waals surface area contributed by atoms with Crippen molar-refractivity contribution in [3.63, 3.8) is 0 Å². The van der Waals surface area contributed by atoms with Crippen LogP contribution in [0.4, 0.5) is 0 Å². The first kappa shape index (κ1) is 14.3. The number of benzene rings is 1. The van der Waals surface area contributed by atoms with Gasteiger partial charge in [-0.1, -0.05) is 6.07 Å². The van der Waals surface area contributed by atoms with E-state index in [1.807, 2.05) is 47.8 Å². The molecule has 0 atom stereocenters. The third-order valence-corrected chi connectivity index (χ3v) is 5.01. The van der Waals surface area contributed by atoms with Gasteiger partial charge in [-0.2, -0.15) is 10.2 Å². The van der Waals surface area contributed by atoms with Gasteiger partial charge in [-0.05, 0) is 29.8 Å². The van der Waals surface area contributed by atoms with E-state index in [1.165, 1.54) is 10.3 Å². The average Bonchev–Trinajstić information content (AvgIpc) is 3.34. The first-order chi connectivity index (χ1) is 12.3. The first-order valence-corrected chi connectivity index (χ1v) is 8.79. The summed E-state index contributed by atoms with van der Waals surface area (Å²) in [6.07, 6.45) is 6.45. The fraction of sp³-hybridized carbons (Fsp3) is 0.111. The number of nitrogens with zero attached hydrogens (tertiary/aromatic N) is 6. The van der Waals surface area contributed by atoms with Crippen LogP contribution < -0.4 is 0 Å². The number of thiazole rings is 1. The molecule has 0 aliphatic carbocycles. The average molecular weight is 346 g/mol. The molecule has 0 radical (unpaired) electrons. The minimum Gasteiger partial charge on any atom is -0.275 e. The molecule has 5 aromatic rings. The zero-order chi connectivity index (χ0) is 16.8. The van der Waals surface area contributed by atoms with E-state index in [1.54, 1.807) is 16.0 Å². The van der Waals surface area contributed by atoms with Gasteiger partial charge in [0, 0.05) is 25.2 Å². The van der Waals surface area contributed by atoms with Gasteiger partial charge in [0.2, 0.25) is 0 Å². The Balaban J connectivity index is 1.56. The van der Waals surface area contributed by atoms with Gasteiger partial charge in [0.25, 0.3) is 0 Å². The van der Waals surface area contributed by atoms with E-state index in [-0.39, 0.29) is 0 Å². The lowest BCUT2D eigenvalue weighted by Gasteiger charge is -2.04. The lowest BCUT2D eigenvalue weighted by atomic mass is 10.1. The third-order valence-electron chi connectivity index (χ3n) is 4.21. The highest BCUT2D eigenvalue weighted by molar-refractivity contribution is 7.16. The summed E-state index contributed by atoms with van der Waals surface area (Å²) >= 11 is 1.66. The quantitative estimate of drug-likeness (QED) is 0.503. The maximum atomic E-state index is 4.76. The molecule has 0 saturated heterocycles. The van der Waals surface area contributed by atoms with Crippen molar-refractivity contribution >= 4 is 27.2 Å². The normalized spacial score (nSPS) is 11.6. The number of hydrogen-bond donors (Lipinski definition) is 0. The molecule has 0 N–H and O–H groups in total. The molecular formula is C18H14N6S. The van der Waals surface area contributed by atoms with Crippen LogP contribution in [0.15, 0.2) is 54.4 Å². The molecule has 4 heterocycles. The molecule has 0 unspecified atom stereocenters. The van der Waals surface area contributed by atoms with Crippen LogP contribution >= 0.6 is 11.3 Å². The van der Waals surface area contributed by atoms with Crippen LogP contribution in [-0.2, 0) is 13.5 Å². The number of fused-ring (bicyclic) bond motifs is 2. The van der Waals surface area contributed by atoms with Crippen LogP contribution in [0.25, 0.3) is 27.1 Å². The van der Waals surface area contributed by atoms with Crippen molar-refractivity contribution in [1.82, 2.24) is 29.4 Å². The van der Waals surface area contributed by atoms with Crippen molar-refractivity contribution in [3.8, 4) is 11.3 Å². The van der Waals surface area contributed by atoms with Gasteiger partial charge in [0.1, 0.15) is 0 Å². The van der Waals surface area contributed by atoms with Gasteiger partial charge in [-0.25, -0.2) is 14.5 Å². The Morgan fingerprint density at radius 1 is 1.08 bits per heavy atom. The highest BCUT2D eigenvalue weighted by Crippen LogP contribution is 2.22. The number of rotatable bonds is 3. The van der Waals surface area contributed by atoms with E-state index in [0.29, 0.717) is 0 Å². The van der Waals surface area contributed by atoms with E-state index >= 15 is 0 Å². The Labute approximate surface area is 147 Å². The van der Waals surface area contributed by atoms with Crippen molar-refractivity contribution in [2.45, 2.75) is 6.42 Å². The predicted molar refractivity (Wildman–Crippen MR) is 97.6 cm³/mol. The minimum absolute atomic E-state index is 0.776. The molecule has 0 aliphatic heterocycles. The van der Waals surface area contributed by atoms with Gasteiger partial charge in [-0.15, -0.1) is 11.3 Å². The summed E-state index contributed by atoms with van der Waals surface area (Å²) in [5.41, 5.74) is 7.94. The fourth-order valence-corrected chi connectivity index (χ4v) is 3.71. The summed E-state index contributed by atoms with van der Waals surface area (Å²) in [6.45, 7) is 0.